The van der Waals surface area contributed by atoms with E-state index in [0.717, 1.165) is 0 Å². The number of aliphatic hydroxyl groups excluding tert-OH is 1. The molecular weight excluding hydrogens is 186 g/mol. The van der Waals surface area contributed by atoms with Gasteiger partial charge in [-0.15, -0.1) is 0 Å². The van der Waals surface area contributed by atoms with Crippen LogP contribution in [0.2, 0.25) is 0 Å². The zero-order valence-electron chi connectivity index (χ0n) is 8.51. The molecule has 0 aliphatic carbocycles. The molecule has 0 aromatic rings. The van der Waals surface area contributed by atoms with Crippen LogP contribution >= 0.6 is 0 Å². The number of hydrogen-bond donors (Lipinski definition) is 2. The Labute approximate surface area is 83.3 Å². The standard InChI is InChI=1S/C9H17NO4/c1-3-14-8-5-10(4-7(8)11)6(2)9(12)13/h6-8,11H,3-5H2,1-2H3,(H,12,13)/t6-,7+,8+/m0/s1. The summed E-state index contributed by atoms with van der Waals surface area (Å²) in [6.07, 6.45) is -0.821. The number of carboxylic acids is 1. The number of rotatable bonds is 4. The lowest BCUT2D eigenvalue weighted by atomic mass is 10.3. The van der Waals surface area contributed by atoms with Crippen molar-refractivity contribution in [3.05, 3.63) is 0 Å². The van der Waals surface area contributed by atoms with Gasteiger partial charge in [0.1, 0.15) is 6.04 Å². The van der Waals surface area contributed by atoms with Crippen LogP contribution in [0.4, 0.5) is 0 Å². The van der Waals surface area contributed by atoms with E-state index in [9.17, 15) is 9.90 Å². The van der Waals surface area contributed by atoms with Crippen molar-refractivity contribution in [2.75, 3.05) is 19.7 Å². The molecule has 0 unspecified atom stereocenters. The average molecular weight is 203 g/mol. The van der Waals surface area contributed by atoms with Gasteiger partial charge in [-0.25, -0.2) is 0 Å². The maximum atomic E-state index is 10.7. The van der Waals surface area contributed by atoms with Crippen LogP contribution in [0.15, 0.2) is 0 Å². The molecule has 5 heteroatoms. The summed E-state index contributed by atoms with van der Waals surface area (Å²) in [5, 5.41) is 18.3. The topological polar surface area (TPSA) is 70.0 Å². The van der Waals surface area contributed by atoms with Crippen molar-refractivity contribution in [1.29, 1.82) is 0 Å². The van der Waals surface area contributed by atoms with Crippen LogP contribution in [0, 0.1) is 0 Å². The number of carboxylic acid groups (broad SMARTS) is 1. The lowest BCUT2D eigenvalue weighted by Crippen LogP contribution is -2.38. The predicted molar refractivity (Wildman–Crippen MR) is 50.1 cm³/mol. The smallest absolute Gasteiger partial charge is 0.320 e. The van der Waals surface area contributed by atoms with Gasteiger partial charge in [0, 0.05) is 19.7 Å². The second-order valence-electron chi connectivity index (χ2n) is 3.53. The SMILES string of the molecule is CCO[C@@H]1CN([C@@H](C)C(=O)O)C[C@H]1O. The van der Waals surface area contributed by atoms with Gasteiger partial charge in [-0.3, -0.25) is 9.69 Å². The van der Waals surface area contributed by atoms with E-state index in [1.54, 1.807) is 11.8 Å². The van der Waals surface area contributed by atoms with Crippen LogP contribution in [0.25, 0.3) is 0 Å². The van der Waals surface area contributed by atoms with Crippen molar-refractivity contribution in [3.63, 3.8) is 0 Å². The van der Waals surface area contributed by atoms with Crippen molar-refractivity contribution in [2.45, 2.75) is 32.1 Å². The third kappa shape index (κ3) is 2.43. The van der Waals surface area contributed by atoms with Crippen molar-refractivity contribution in [2.24, 2.45) is 0 Å². The van der Waals surface area contributed by atoms with Crippen molar-refractivity contribution in [1.82, 2.24) is 4.90 Å². The molecule has 0 amide bonds. The summed E-state index contributed by atoms with van der Waals surface area (Å²) in [5.74, 6) is -0.866. The Kier molecular flexibility index (Phi) is 3.86. The Morgan fingerprint density at radius 2 is 2.29 bits per heavy atom. The fourth-order valence-electron chi connectivity index (χ4n) is 1.64. The van der Waals surface area contributed by atoms with Gasteiger partial charge in [0.25, 0.3) is 0 Å². The summed E-state index contributed by atoms with van der Waals surface area (Å²) in [6, 6.07) is -0.560. The molecule has 14 heavy (non-hydrogen) atoms. The summed E-state index contributed by atoms with van der Waals surface area (Å²) >= 11 is 0. The molecule has 0 bridgehead atoms. The van der Waals surface area contributed by atoms with E-state index in [1.165, 1.54) is 0 Å². The number of aliphatic carboxylic acids is 1. The highest BCUT2D eigenvalue weighted by Gasteiger charge is 2.36. The van der Waals surface area contributed by atoms with Crippen molar-refractivity contribution in [3.8, 4) is 0 Å². The van der Waals surface area contributed by atoms with Crippen LogP contribution in [-0.2, 0) is 9.53 Å². The highest BCUT2D eigenvalue weighted by atomic mass is 16.5. The third-order valence-corrected chi connectivity index (χ3v) is 2.55. The molecule has 2 N–H and O–H groups in total. The van der Waals surface area contributed by atoms with E-state index in [1.807, 2.05) is 6.92 Å². The van der Waals surface area contributed by atoms with Crippen LogP contribution in [0.1, 0.15) is 13.8 Å². The molecule has 1 aliphatic rings. The van der Waals surface area contributed by atoms with Gasteiger partial charge >= 0.3 is 5.97 Å². The number of ether oxygens (including phenoxy) is 1. The lowest BCUT2D eigenvalue weighted by Gasteiger charge is -2.19. The van der Waals surface area contributed by atoms with Crippen LogP contribution in [0.3, 0.4) is 0 Å². The number of hydrogen-bond acceptors (Lipinski definition) is 4. The van der Waals surface area contributed by atoms with Crippen molar-refractivity contribution >= 4 is 5.97 Å². The first kappa shape index (κ1) is 11.4. The minimum absolute atomic E-state index is 0.248. The van der Waals surface area contributed by atoms with E-state index in [0.29, 0.717) is 19.7 Å². The Hall–Kier alpha value is -0.650. The fourth-order valence-corrected chi connectivity index (χ4v) is 1.64. The fraction of sp³-hybridized carbons (Fsp3) is 0.889. The maximum Gasteiger partial charge on any atom is 0.320 e. The quantitative estimate of drug-likeness (QED) is 0.647. The van der Waals surface area contributed by atoms with Gasteiger partial charge in [-0.1, -0.05) is 0 Å². The number of carbonyl (C=O) groups is 1. The van der Waals surface area contributed by atoms with Gasteiger partial charge in [-0.05, 0) is 13.8 Å². The van der Waals surface area contributed by atoms with E-state index < -0.39 is 18.1 Å². The zero-order valence-corrected chi connectivity index (χ0v) is 8.51. The van der Waals surface area contributed by atoms with Gasteiger partial charge < -0.3 is 14.9 Å². The molecule has 0 aromatic carbocycles. The minimum Gasteiger partial charge on any atom is -0.480 e. The summed E-state index contributed by atoms with van der Waals surface area (Å²) < 4.78 is 5.29. The maximum absolute atomic E-state index is 10.7. The predicted octanol–water partition coefficient (Wildman–Crippen LogP) is -0.459. The van der Waals surface area contributed by atoms with Gasteiger partial charge in [0.2, 0.25) is 0 Å². The van der Waals surface area contributed by atoms with Gasteiger partial charge in [0.15, 0.2) is 0 Å². The zero-order chi connectivity index (χ0) is 10.7. The van der Waals surface area contributed by atoms with E-state index in [4.69, 9.17) is 9.84 Å². The molecule has 1 fully saturated rings. The Balaban J connectivity index is 2.49. The molecule has 5 nitrogen and oxygen atoms in total. The first-order valence-corrected chi connectivity index (χ1v) is 4.82. The van der Waals surface area contributed by atoms with Gasteiger partial charge in [-0.2, -0.15) is 0 Å². The number of aliphatic hydroxyl groups is 1. The molecule has 1 saturated heterocycles. The number of likely N-dealkylation sites (tertiary alicyclic amines) is 1. The average Bonchev–Trinajstić information content (AvgIpc) is 2.47. The van der Waals surface area contributed by atoms with Gasteiger partial charge in [0.05, 0.1) is 12.2 Å². The van der Waals surface area contributed by atoms with E-state index in [-0.39, 0.29) is 6.10 Å². The highest BCUT2D eigenvalue weighted by Crippen LogP contribution is 2.16. The summed E-state index contributed by atoms with van der Waals surface area (Å²) in [6.45, 7) is 4.87. The normalized spacial score (nSPS) is 30.5. The molecule has 1 aliphatic heterocycles. The number of β-amino-alcohol motifs (C(OH)–C–C–N with tert-alkyl or cyclic N) is 1. The van der Waals surface area contributed by atoms with Crippen LogP contribution in [-0.4, -0.2) is 59.0 Å². The Morgan fingerprint density at radius 3 is 2.79 bits per heavy atom. The first-order chi connectivity index (χ1) is 6.56. The van der Waals surface area contributed by atoms with E-state index >= 15 is 0 Å². The minimum atomic E-state index is -0.866. The second kappa shape index (κ2) is 4.72. The number of nitrogens with zero attached hydrogens (tertiary/aromatic N) is 1. The monoisotopic (exact) mass is 203 g/mol. The molecule has 82 valence electrons. The van der Waals surface area contributed by atoms with E-state index in [2.05, 4.69) is 0 Å². The molecule has 0 saturated carbocycles. The Morgan fingerprint density at radius 1 is 1.64 bits per heavy atom. The molecule has 0 radical (unpaired) electrons. The highest BCUT2D eigenvalue weighted by molar-refractivity contribution is 5.72. The van der Waals surface area contributed by atoms with Crippen LogP contribution < -0.4 is 0 Å². The largest absolute Gasteiger partial charge is 0.480 e. The summed E-state index contributed by atoms with van der Waals surface area (Å²) in [4.78, 5) is 12.4. The molecular formula is C9H17NO4. The molecule has 1 heterocycles. The summed E-state index contributed by atoms with van der Waals surface area (Å²) in [7, 11) is 0. The second-order valence-corrected chi connectivity index (χ2v) is 3.53. The summed E-state index contributed by atoms with van der Waals surface area (Å²) in [5.41, 5.74) is 0. The molecule has 1 rings (SSSR count). The third-order valence-electron chi connectivity index (χ3n) is 2.55. The van der Waals surface area contributed by atoms with Crippen molar-refractivity contribution < 1.29 is 19.7 Å². The Bertz CT molecular complexity index is 209. The van der Waals surface area contributed by atoms with Crippen LogP contribution in [0.5, 0.6) is 0 Å². The first-order valence-electron chi connectivity index (χ1n) is 4.82. The molecule has 0 spiro atoms. The molecule has 0 aromatic heterocycles. The molecule has 3 atom stereocenters. The lowest BCUT2D eigenvalue weighted by molar-refractivity contribution is -0.142.